The van der Waals surface area contributed by atoms with Crippen molar-refractivity contribution in [3.05, 3.63) is 35.1 Å². The highest BCUT2D eigenvalue weighted by Gasteiger charge is 2.57. The van der Waals surface area contributed by atoms with Crippen molar-refractivity contribution in [3.8, 4) is 0 Å². The Balaban J connectivity index is 2.10. The van der Waals surface area contributed by atoms with Gasteiger partial charge in [0.2, 0.25) is 5.60 Å². The lowest BCUT2D eigenvalue weighted by atomic mass is 9.99. The van der Waals surface area contributed by atoms with Gasteiger partial charge in [-0.15, -0.1) is 21.5 Å². The average Bonchev–Trinajstić information content (AvgIpc) is 3.05. The summed E-state index contributed by atoms with van der Waals surface area (Å²) in [5, 5.41) is 21.9. The molecule has 0 spiro atoms. The molecule has 0 amide bonds. The zero-order valence-electron chi connectivity index (χ0n) is 10.3. The second-order valence-electron chi connectivity index (χ2n) is 4.35. The molecule has 2 heterocycles. The molecule has 0 unspecified atom stereocenters. The minimum Gasteiger partial charge on any atom is -0.374 e. The van der Waals surface area contributed by atoms with Crippen molar-refractivity contribution < 1.29 is 18.3 Å². The van der Waals surface area contributed by atoms with Gasteiger partial charge in [0, 0.05) is 0 Å². The predicted molar refractivity (Wildman–Crippen MR) is 67.5 cm³/mol. The molecule has 6 nitrogen and oxygen atoms in total. The molecule has 10 heteroatoms. The fourth-order valence-corrected chi connectivity index (χ4v) is 2.91. The molecule has 2 aromatic heterocycles. The van der Waals surface area contributed by atoms with E-state index in [-0.39, 0.29) is 5.82 Å². The van der Waals surface area contributed by atoms with Crippen LogP contribution in [-0.4, -0.2) is 36.9 Å². The molecule has 0 bridgehead atoms. The first-order valence-electron chi connectivity index (χ1n) is 5.77. The number of para-hydroxylation sites is 1. The lowest BCUT2D eigenvalue weighted by Gasteiger charge is -2.27. The number of nitrogens with zero attached hydrogens (tertiary/aromatic N) is 4. The van der Waals surface area contributed by atoms with Gasteiger partial charge in [0.25, 0.3) is 0 Å². The van der Waals surface area contributed by atoms with Gasteiger partial charge >= 0.3 is 6.18 Å². The predicted octanol–water partition coefficient (Wildman–Crippen LogP) is 1.80. The monoisotopic (exact) mass is 315 g/mol. The van der Waals surface area contributed by atoms with Crippen LogP contribution in [0.3, 0.4) is 0 Å². The van der Waals surface area contributed by atoms with E-state index in [9.17, 15) is 18.3 Å². The quantitative estimate of drug-likeness (QED) is 0.769. The molecule has 3 rings (SSSR count). The average molecular weight is 315 g/mol. The van der Waals surface area contributed by atoms with E-state index in [4.69, 9.17) is 0 Å². The van der Waals surface area contributed by atoms with Crippen LogP contribution in [0.2, 0.25) is 0 Å². The van der Waals surface area contributed by atoms with E-state index in [0.29, 0.717) is 10.2 Å². The fraction of sp³-hybridized carbons (Fsp3) is 0.273. The maximum atomic E-state index is 13.3. The van der Waals surface area contributed by atoms with Gasteiger partial charge in [-0.1, -0.05) is 17.3 Å². The van der Waals surface area contributed by atoms with Gasteiger partial charge in [-0.25, -0.2) is 4.98 Å². The van der Waals surface area contributed by atoms with Crippen LogP contribution in [0.4, 0.5) is 13.2 Å². The van der Waals surface area contributed by atoms with Crippen molar-refractivity contribution >= 4 is 21.6 Å². The fourth-order valence-electron chi connectivity index (χ4n) is 1.83. The van der Waals surface area contributed by atoms with E-state index >= 15 is 0 Å². The first-order chi connectivity index (χ1) is 9.90. The van der Waals surface area contributed by atoms with Crippen LogP contribution in [0.5, 0.6) is 0 Å². The van der Waals surface area contributed by atoms with Gasteiger partial charge in [0.05, 0.1) is 16.6 Å². The van der Waals surface area contributed by atoms with Crippen molar-refractivity contribution in [2.45, 2.75) is 18.2 Å². The Morgan fingerprint density at radius 2 is 2.00 bits per heavy atom. The highest BCUT2D eigenvalue weighted by Crippen LogP contribution is 2.43. The normalized spacial score (nSPS) is 15.2. The number of alkyl halides is 3. The largest absolute Gasteiger partial charge is 0.424 e. The van der Waals surface area contributed by atoms with Gasteiger partial charge in [0.15, 0.2) is 5.82 Å². The Bertz CT molecular complexity index is 724. The Kier molecular flexibility index (Phi) is 3.14. The third-order valence-corrected chi connectivity index (χ3v) is 4.11. The number of thiazole rings is 1. The second-order valence-corrected chi connectivity index (χ2v) is 5.38. The van der Waals surface area contributed by atoms with Crippen molar-refractivity contribution in [1.29, 1.82) is 0 Å². The van der Waals surface area contributed by atoms with E-state index in [2.05, 4.69) is 25.6 Å². The number of benzene rings is 1. The van der Waals surface area contributed by atoms with Crippen LogP contribution >= 0.6 is 11.3 Å². The Morgan fingerprint density at radius 1 is 1.24 bits per heavy atom. The summed E-state index contributed by atoms with van der Waals surface area (Å²) in [7, 11) is 0. The maximum Gasteiger partial charge on any atom is 0.424 e. The molecular formula is C11H8F3N5OS. The summed E-state index contributed by atoms with van der Waals surface area (Å²) in [6.07, 6.45) is -5.77. The summed E-state index contributed by atoms with van der Waals surface area (Å²) in [6, 6.07) is 6.58. The lowest BCUT2D eigenvalue weighted by molar-refractivity contribution is -0.266. The number of nitrogens with one attached hydrogen (secondary N) is 1. The standard InChI is InChI=1S/C11H8F3N5OS/c12-11(13,14)10(20,5-8-16-18-19-17-8)9-15-6-3-1-2-4-7(6)21-9/h1-4,20H,5H2,(H,16,17,18,19)/t10-/m1/s1. The number of aromatic amines is 1. The highest BCUT2D eigenvalue weighted by atomic mass is 32.1. The molecule has 0 radical (unpaired) electrons. The number of aromatic nitrogens is 5. The molecule has 21 heavy (non-hydrogen) atoms. The van der Waals surface area contributed by atoms with Gasteiger partial charge in [-0.3, -0.25) is 0 Å². The molecule has 0 aliphatic carbocycles. The molecular weight excluding hydrogens is 307 g/mol. The summed E-state index contributed by atoms with van der Waals surface area (Å²) in [4.78, 5) is 3.89. The number of hydrogen-bond acceptors (Lipinski definition) is 6. The number of halogens is 3. The highest BCUT2D eigenvalue weighted by molar-refractivity contribution is 7.18. The molecule has 0 aliphatic rings. The van der Waals surface area contributed by atoms with Crippen LogP contribution in [0, 0.1) is 0 Å². The van der Waals surface area contributed by atoms with Gasteiger partial charge in [-0.2, -0.15) is 18.4 Å². The number of tetrazole rings is 1. The SMILES string of the molecule is O[C@](Cc1nn[nH]n1)(c1nc2ccccc2s1)C(F)(F)F. The van der Waals surface area contributed by atoms with Crippen LogP contribution in [0.15, 0.2) is 24.3 Å². The number of rotatable bonds is 3. The molecule has 2 N–H and O–H groups in total. The Morgan fingerprint density at radius 3 is 2.62 bits per heavy atom. The molecule has 0 saturated carbocycles. The van der Waals surface area contributed by atoms with Crippen LogP contribution in [-0.2, 0) is 12.0 Å². The van der Waals surface area contributed by atoms with Gasteiger partial charge in [0.1, 0.15) is 5.01 Å². The summed E-state index contributed by atoms with van der Waals surface area (Å²) in [6.45, 7) is 0. The van der Waals surface area contributed by atoms with Crippen LogP contribution in [0.1, 0.15) is 10.8 Å². The molecule has 0 saturated heterocycles. The molecule has 0 fully saturated rings. The van der Waals surface area contributed by atoms with E-state index in [1.165, 1.54) is 0 Å². The molecule has 1 aromatic carbocycles. The second kappa shape index (κ2) is 4.74. The van der Waals surface area contributed by atoms with E-state index in [1.54, 1.807) is 24.3 Å². The smallest absolute Gasteiger partial charge is 0.374 e. The summed E-state index contributed by atoms with van der Waals surface area (Å²) >= 11 is 0.786. The summed E-state index contributed by atoms with van der Waals surface area (Å²) < 4.78 is 40.6. The molecule has 0 aliphatic heterocycles. The molecule has 1 atom stereocenters. The molecule has 110 valence electrons. The van der Waals surface area contributed by atoms with Gasteiger partial charge in [-0.05, 0) is 12.1 Å². The minimum absolute atomic E-state index is 0.242. The van der Waals surface area contributed by atoms with E-state index in [0.717, 1.165) is 11.3 Å². The first-order valence-corrected chi connectivity index (χ1v) is 6.59. The van der Waals surface area contributed by atoms with Crippen molar-refractivity contribution in [2.24, 2.45) is 0 Å². The summed E-state index contributed by atoms with van der Waals surface area (Å²) in [5.74, 6) is -0.242. The van der Waals surface area contributed by atoms with E-state index in [1.807, 2.05) is 0 Å². The minimum atomic E-state index is -4.92. The van der Waals surface area contributed by atoms with Crippen molar-refractivity contribution in [2.75, 3.05) is 0 Å². The van der Waals surface area contributed by atoms with Crippen molar-refractivity contribution in [3.63, 3.8) is 0 Å². The third kappa shape index (κ3) is 2.36. The van der Waals surface area contributed by atoms with E-state index < -0.39 is 23.2 Å². The number of hydrogen-bond donors (Lipinski definition) is 2. The Hall–Kier alpha value is -2.07. The van der Waals surface area contributed by atoms with Crippen LogP contribution in [0.25, 0.3) is 10.2 Å². The van der Waals surface area contributed by atoms with Crippen LogP contribution < -0.4 is 0 Å². The Labute approximate surface area is 119 Å². The first kappa shape index (κ1) is 13.9. The number of fused-ring (bicyclic) bond motifs is 1. The van der Waals surface area contributed by atoms with Gasteiger partial charge < -0.3 is 5.11 Å². The topological polar surface area (TPSA) is 87.6 Å². The zero-order chi connectivity index (χ0) is 15.1. The maximum absolute atomic E-state index is 13.3. The third-order valence-electron chi connectivity index (χ3n) is 2.92. The number of H-pyrrole nitrogens is 1. The lowest BCUT2D eigenvalue weighted by Crippen LogP contribution is -2.44. The number of aliphatic hydroxyl groups is 1. The summed E-state index contributed by atoms with van der Waals surface area (Å²) in [5.41, 5.74) is -2.76. The molecule has 3 aromatic rings. The zero-order valence-corrected chi connectivity index (χ0v) is 11.1. The van der Waals surface area contributed by atoms with Crippen molar-refractivity contribution in [1.82, 2.24) is 25.6 Å².